The first-order valence-corrected chi connectivity index (χ1v) is 7.59. The van der Waals surface area contributed by atoms with Crippen LogP contribution < -0.4 is 10.6 Å². The fraction of sp³-hybridized carbons (Fsp3) is 0.429. The van der Waals surface area contributed by atoms with Crippen LogP contribution in [0.15, 0.2) is 16.8 Å². The van der Waals surface area contributed by atoms with Crippen molar-refractivity contribution in [2.75, 3.05) is 24.2 Å². The summed E-state index contributed by atoms with van der Waals surface area (Å²) >= 11 is 1.58. The van der Waals surface area contributed by atoms with Crippen LogP contribution in [0.2, 0.25) is 0 Å². The van der Waals surface area contributed by atoms with E-state index in [0.29, 0.717) is 6.54 Å². The molecule has 20 heavy (non-hydrogen) atoms. The summed E-state index contributed by atoms with van der Waals surface area (Å²) in [6.07, 6.45) is 0.246. The molecule has 2 aromatic heterocycles. The number of rotatable bonds is 6. The first-order chi connectivity index (χ1) is 9.65. The number of aliphatic hydroxyl groups excluding tert-OH is 1. The summed E-state index contributed by atoms with van der Waals surface area (Å²) in [5.41, 5.74) is 1.89. The van der Waals surface area contributed by atoms with E-state index >= 15 is 0 Å². The van der Waals surface area contributed by atoms with Crippen molar-refractivity contribution in [1.82, 2.24) is 9.97 Å². The van der Waals surface area contributed by atoms with E-state index in [1.54, 1.807) is 11.3 Å². The van der Waals surface area contributed by atoms with Crippen molar-refractivity contribution in [3.8, 4) is 0 Å². The van der Waals surface area contributed by atoms with Gasteiger partial charge < -0.3 is 15.7 Å². The first-order valence-electron chi connectivity index (χ1n) is 6.65. The molecule has 0 amide bonds. The predicted molar refractivity (Wildman–Crippen MR) is 83.5 cm³/mol. The normalized spacial score (nSPS) is 12.2. The summed E-state index contributed by atoms with van der Waals surface area (Å²) < 4.78 is 0. The molecule has 0 aliphatic heterocycles. The standard InChI is InChI=1S/C14H20N4OS/c1-4-12-17-13(15-3)9(2)14(18-12)16-7-11(19)10-5-6-20-8-10/h5-6,8,11,19H,4,7H2,1-3H3,(H2,15,16,17,18). The highest BCUT2D eigenvalue weighted by Crippen LogP contribution is 2.22. The molecule has 1 unspecified atom stereocenters. The molecule has 0 fully saturated rings. The Bertz CT molecular complexity index is 557. The number of hydrogen-bond acceptors (Lipinski definition) is 6. The largest absolute Gasteiger partial charge is 0.387 e. The maximum Gasteiger partial charge on any atom is 0.134 e. The van der Waals surface area contributed by atoms with E-state index < -0.39 is 6.10 Å². The lowest BCUT2D eigenvalue weighted by Gasteiger charge is -2.15. The van der Waals surface area contributed by atoms with Gasteiger partial charge in [-0.2, -0.15) is 11.3 Å². The molecule has 2 aromatic rings. The maximum absolute atomic E-state index is 10.1. The van der Waals surface area contributed by atoms with Crippen LogP contribution in [0.5, 0.6) is 0 Å². The predicted octanol–water partition coefficient (Wildman–Crippen LogP) is 2.60. The van der Waals surface area contributed by atoms with Gasteiger partial charge in [0.15, 0.2) is 0 Å². The minimum Gasteiger partial charge on any atom is -0.387 e. The smallest absolute Gasteiger partial charge is 0.134 e. The second-order valence-electron chi connectivity index (χ2n) is 4.52. The van der Waals surface area contributed by atoms with Crippen molar-refractivity contribution in [3.63, 3.8) is 0 Å². The lowest BCUT2D eigenvalue weighted by atomic mass is 10.2. The van der Waals surface area contributed by atoms with Crippen LogP contribution in [-0.4, -0.2) is 28.7 Å². The summed E-state index contributed by atoms with van der Waals surface area (Å²) in [5.74, 6) is 2.38. The van der Waals surface area contributed by atoms with Gasteiger partial charge in [0, 0.05) is 25.6 Å². The number of aliphatic hydroxyl groups is 1. The molecular weight excluding hydrogens is 272 g/mol. The molecule has 6 heteroatoms. The molecule has 5 nitrogen and oxygen atoms in total. The number of anilines is 2. The second kappa shape index (κ2) is 6.67. The van der Waals surface area contributed by atoms with Crippen LogP contribution >= 0.6 is 11.3 Å². The Morgan fingerprint density at radius 3 is 2.70 bits per heavy atom. The van der Waals surface area contributed by atoms with Gasteiger partial charge in [-0.1, -0.05) is 6.92 Å². The Kier molecular flexibility index (Phi) is 4.92. The molecule has 0 spiro atoms. The summed E-state index contributed by atoms with van der Waals surface area (Å²) in [5, 5.41) is 20.3. The van der Waals surface area contributed by atoms with E-state index in [-0.39, 0.29) is 0 Å². The molecule has 108 valence electrons. The van der Waals surface area contributed by atoms with Gasteiger partial charge >= 0.3 is 0 Å². The van der Waals surface area contributed by atoms with Gasteiger partial charge in [-0.3, -0.25) is 0 Å². The fourth-order valence-corrected chi connectivity index (χ4v) is 2.62. The van der Waals surface area contributed by atoms with Crippen LogP contribution in [0.4, 0.5) is 11.6 Å². The van der Waals surface area contributed by atoms with Crippen LogP contribution in [0, 0.1) is 6.92 Å². The topological polar surface area (TPSA) is 70.1 Å². The number of thiophene rings is 1. The third-order valence-electron chi connectivity index (χ3n) is 3.14. The fourth-order valence-electron chi connectivity index (χ4n) is 1.91. The van der Waals surface area contributed by atoms with E-state index in [1.165, 1.54) is 0 Å². The van der Waals surface area contributed by atoms with Crippen molar-refractivity contribution in [2.24, 2.45) is 0 Å². The van der Waals surface area contributed by atoms with E-state index in [9.17, 15) is 5.11 Å². The van der Waals surface area contributed by atoms with Gasteiger partial charge in [-0.05, 0) is 29.3 Å². The zero-order valence-electron chi connectivity index (χ0n) is 12.0. The Balaban J connectivity index is 2.12. The average molecular weight is 292 g/mol. The molecule has 0 bridgehead atoms. The van der Waals surface area contributed by atoms with Gasteiger partial charge in [0.1, 0.15) is 17.5 Å². The molecular formula is C14H20N4OS. The number of nitrogens with one attached hydrogen (secondary N) is 2. The van der Waals surface area contributed by atoms with Gasteiger partial charge in [0.2, 0.25) is 0 Å². The van der Waals surface area contributed by atoms with E-state index in [2.05, 4.69) is 20.6 Å². The molecule has 0 aromatic carbocycles. The molecule has 0 radical (unpaired) electrons. The van der Waals surface area contributed by atoms with Crippen LogP contribution in [0.1, 0.15) is 30.0 Å². The zero-order valence-corrected chi connectivity index (χ0v) is 12.8. The highest BCUT2D eigenvalue weighted by atomic mass is 32.1. The van der Waals surface area contributed by atoms with Gasteiger partial charge in [-0.15, -0.1) is 0 Å². The van der Waals surface area contributed by atoms with Gasteiger partial charge in [-0.25, -0.2) is 9.97 Å². The third-order valence-corrected chi connectivity index (χ3v) is 3.84. The highest BCUT2D eigenvalue weighted by Gasteiger charge is 2.12. The minimum atomic E-state index is -0.529. The van der Waals surface area contributed by atoms with Crippen LogP contribution in [0.3, 0.4) is 0 Å². The van der Waals surface area contributed by atoms with Gasteiger partial charge in [0.25, 0.3) is 0 Å². The molecule has 0 saturated heterocycles. The summed E-state index contributed by atoms with van der Waals surface area (Å²) in [6.45, 7) is 4.42. The van der Waals surface area contributed by atoms with Crippen LogP contribution in [-0.2, 0) is 6.42 Å². The molecule has 0 aliphatic carbocycles. The van der Waals surface area contributed by atoms with Crippen molar-refractivity contribution < 1.29 is 5.11 Å². The lowest BCUT2D eigenvalue weighted by Crippen LogP contribution is -2.15. The maximum atomic E-state index is 10.1. The second-order valence-corrected chi connectivity index (χ2v) is 5.30. The van der Waals surface area contributed by atoms with Crippen molar-refractivity contribution >= 4 is 23.0 Å². The SMILES string of the molecule is CCc1nc(NC)c(C)c(NCC(O)c2ccsc2)n1. The Morgan fingerprint density at radius 2 is 2.10 bits per heavy atom. The van der Waals surface area contributed by atoms with E-state index in [4.69, 9.17) is 0 Å². The molecule has 2 heterocycles. The van der Waals surface area contributed by atoms with Crippen LogP contribution in [0.25, 0.3) is 0 Å². The monoisotopic (exact) mass is 292 g/mol. The number of aryl methyl sites for hydroxylation is 1. The zero-order chi connectivity index (χ0) is 14.5. The summed E-state index contributed by atoms with van der Waals surface area (Å²) in [6, 6.07) is 1.93. The lowest BCUT2D eigenvalue weighted by molar-refractivity contribution is 0.192. The molecule has 1 atom stereocenters. The Labute approximate surface area is 123 Å². The molecule has 3 N–H and O–H groups in total. The Hall–Kier alpha value is -1.66. The minimum absolute atomic E-state index is 0.431. The highest BCUT2D eigenvalue weighted by molar-refractivity contribution is 7.07. The van der Waals surface area contributed by atoms with Crippen molar-refractivity contribution in [3.05, 3.63) is 33.8 Å². The summed E-state index contributed by atoms with van der Waals surface area (Å²) in [4.78, 5) is 8.91. The molecule has 2 rings (SSSR count). The number of nitrogens with zero attached hydrogens (tertiary/aromatic N) is 2. The number of hydrogen-bond donors (Lipinski definition) is 3. The quantitative estimate of drug-likeness (QED) is 0.763. The molecule has 0 aliphatic rings. The first kappa shape index (κ1) is 14.7. The van der Waals surface area contributed by atoms with Crippen molar-refractivity contribution in [1.29, 1.82) is 0 Å². The van der Waals surface area contributed by atoms with Crippen molar-refractivity contribution in [2.45, 2.75) is 26.4 Å². The third kappa shape index (κ3) is 3.26. The summed E-state index contributed by atoms with van der Waals surface area (Å²) in [7, 11) is 1.85. The van der Waals surface area contributed by atoms with Gasteiger partial charge in [0.05, 0.1) is 6.10 Å². The average Bonchev–Trinajstić information content (AvgIpc) is 3.00. The molecule has 0 saturated carbocycles. The Morgan fingerprint density at radius 1 is 1.35 bits per heavy atom. The van der Waals surface area contributed by atoms with E-state index in [1.807, 2.05) is 37.7 Å². The number of aromatic nitrogens is 2. The van der Waals surface area contributed by atoms with E-state index in [0.717, 1.165) is 35.0 Å².